The van der Waals surface area contributed by atoms with Gasteiger partial charge in [-0.25, -0.2) is 23.3 Å². The number of halogens is 1. The van der Waals surface area contributed by atoms with Crippen molar-refractivity contribution in [3.63, 3.8) is 0 Å². The van der Waals surface area contributed by atoms with Crippen LogP contribution in [-0.4, -0.2) is 36.4 Å². The van der Waals surface area contributed by atoms with Crippen LogP contribution in [0.5, 0.6) is 0 Å². The molecular formula is C22H17FN6O3. The van der Waals surface area contributed by atoms with Gasteiger partial charge < -0.3 is 9.26 Å². The van der Waals surface area contributed by atoms with E-state index < -0.39 is 11.5 Å². The lowest BCUT2D eigenvalue weighted by molar-refractivity contribution is 0.181. The van der Waals surface area contributed by atoms with Crippen molar-refractivity contribution in [3.8, 4) is 22.8 Å². The summed E-state index contributed by atoms with van der Waals surface area (Å²) in [5.74, 6) is 0.446. The molecule has 0 saturated carbocycles. The number of fused-ring (bicyclic) bond motifs is 1. The molecule has 0 aliphatic carbocycles. The van der Waals surface area contributed by atoms with E-state index in [1.54, 1.807) is 25.3 Å². The molecule has 3 heterocycles. The van der Waals surface area contributed by atoms with Crippen LogP contribution in [0.3, 0.4) is 0 Å². The second-order valence-electron chi connectivity index (χ2n) is 7.03. The van der Waals surface area contributed by atoms with E-state index in [9.17, 15) is 9.18 Å². The third-order valence-corrected chi connectivity index (χ3v) is 4.78. The highest BCUT2D eigenvalue weighted by atomic mass is 19.1. The molecule has 5 aromatic rings. The Morgan fingerprint density at radius 3 is 2.62 bits per heavy atom. The Balaban J connectivity index is 1.56. The second-order valence-corrected chi connectivity index (χ2v) is 7.03. The van der Waals surface area contributed by atoms with Crippen LogP contribution in [0, 0.1) is 5.82 Å². The summed E-state index contributed by atoms with van der Waals surface area (Å²) in [5, 5.41) is 8.30. The van der Waals surface area contributed by atoms with Crippen molar-refractivity contribution in [1.82, 2.24) is 29.3 Å². The Labute approximate surface area is 180 Å². The van der Waals surface area contributed by atoms with Crippen LogP contribution in [0.4, 0.5) is 4.39 Å². The number of nitrogens with zero attached hydrogens (tertiary/aromatic N) is 6. The summed E-state index contributed by atoms with van der Waals surface area (Å²) < 4.78 is 26.6. The van der Waals surface area contributed by atoms with Crippen molar-refractivity contribution in [3.05, 3.63) is 88.5 Å². The fourth-order valence-electron chi connectivity index (χ4n) is 3.38. The van der Waals surface area contributed by atoms with Gasteiger partial charge in [0.2, 0.25) is 11.7 Å². The number of aromatic nitrogens is 6. The van der Waals surface area contributed by atoms with Crippen molar-refractivity contribution in [2.45, 2.75) is 13.2 Å². The SMILES string of the molecule is COCc1cc2nn(Cc3nc(-c4cccc(F)c4)no3)c(=O)n2c(-c2ccccc2)n1. The van der Waals surface area contributed by atoms with E-state index in [4.69, 9.17) is 9.26 Å². The Morgan fingerprint density at radius 1 is 1.03 bits per heavy atom. The zero-order chi connectivity index (χ0) is 22.1. The summed E-state index contributed by atoms with van der Waals surface area (Å²) in [4.78, 5) is 22.0. The van der Waals surface area contributed by atoms with Gasteiger partial charge in [0, 0.05) is 24.3 Å². The van der Waals surface area contributed by atoms with Crippen LogP contribution < -0.4 is 5.69 Å². The summed E-state index contributed by atoms with van der Waals surface area (Å²) in [6.07, 6.45) is 0. The minimum absolute atomic E-state index is 0.0450. The molecule has 0 bridgehead atoms. The molecule has 0 radical (unpaired) electrons. The molecule has 5 rings (SSSR count). The van der Waals surface area contributed by atoms with E-state index in [0.29, 0.717) is 22.7 Å². The lowest BCUT2D eigenvalue weighted by Gasteiger charge is -2.06. The van der Waals surface area contributed by atoms with E-state index in [1.165, 1.54) is 21.2 Å². The quantitative estimate of drug-likeness (QED) is 0.407. The van der Waals surface area contributed by atoms with Gasteiger partial charge in [0.25, 0.3) is 0 Å². The largest absolute Gasteiger partial charge is 0.378 e. The second kappa shape index (κ2) is 8.16. The van der Waals surface area contributed by atoms with Gasteiger partial charge in [-0.3, -0.25) is 0 Å². The Morgan fingerprint density at radius 2 is 1.84 bits per heavy atom. The first-order valence-electron chi connectivity index (χ1n) is 9.75. The predicted molar refractivity (Wildman–Crippen MR) is 112 cm³/mol. The highest BCUT2D eigenvalue weighted by Crippen LogP contribution is 2.19. The molecule has 2 aromatic carbocycles. The van der Waals surface area contributed by atoms with Gasteiger partial charge in [-0.15, -0.1) is 5.10 Å². The van der Waals surface area contributed by atoms with Crippen LogP contribution >= 0.6 is 0 Å². The molecule has 10 heteroatoms. The van der Waals surface area contributed by atoms with Crippen LogP contribution in [0.15, 0.2) is 70.0 Å². The first-order valence-corrected chi connectivity index (χ1v) is 9.75. The minimum Gasteiger partial charge on any atom is -0.378 e. The monoisotopic (exact) mass is 432 g/mol. The van der Waals surface area contributed by atoms with E-state index in [1.807, 2.05) is 30.3 Å². The molecule has 0 atom stereocenters. The number of hydrogen-bond acceptors (Lipinski definition) is 7. The van der Waals surface area contributed by atoms with Crippen LogP contribution in [0.1, 0.15) is 11.6 Å². The van der Waals surface area contributed by atoms with E-state index >= 15 is 0 Å². The lowest BCUT2D eigenvalue weighted by atomic mass is 10.2. The van der Waals surface area contributed by atoms with E-state index in [0.717, 1.165) is 5.56 Å². The molecule has 0 aliphatic heterocycles. The summed E-state index contributed by atoms with van der Waals surface area (Å²) >= 11 is 0. The third-order valence-electron chi connectivity index (χ3n) is 4.78. The maximum Gasteiger partial charge on any atom is 0.352 e. The molecular weight excluding hydrogens is 415 g/mol. The number of benzene rings is 2. The maximum atomic E-state index is 13.5. The molecule has 32 heavy (non-hydrogen) atoms. The van der Waals surface area contributed by atoms with Gasteiger partial charge in [0.15, 0.2) is 5.65 Å². The Kier molecular flexibility index (Phi) is 5.04. The normalized spacial score (nSPS) is 11.3. The molecule has 9 nitrogen and oxygen atoms in total. The number of hydrogen-bond donors (Lipinski definition) is 0. The molecule has 0 amide bonds. The van der Waals surface area contributed by atoms with Crippen molar-refractivity contribution >= 4 is 5.65 Å². The number of rotatable bonds is 6. The molecule has 3 aromatic heterocycles. The molecule has 0 unspecified atom stereocenters. The molecule has 0 fully saturated rings. The van der Waals surface area contributed by atoms with E-state index in [2.05, 4.69) is 20.2 Å². The molecule has 0 saturated heterocycles. The van der Waals surface area contributed by atoms with Gasteiger partial charge in [-0.05, 0) is 12.1 Å². The Bertz CT molecular complexity index is 1460. The van der Waals surface area contributed by atoms with E-state index in [-0.39, 0.29) is 24.9 Å². The minimum atomic E-state index is -0.404. The Hall–Kier alpha value is -4.18. The van der Waals surface area contributed by atoms with Crippen molar-refractivity contribution < 1.29 is 13.7 Å². The van der Waals surface area contributed by atoms with Crippen LogP contribution in [0.25, 0.3) is 28.4 Å². The van der Waals surface area contributed by atoms with Gasteiger partial charge in [-0.1, -0.05) is 47.6 Å². The summed E-state index contributed by atoms with van der Waals surface area (Å²) in [6.45, 7) is 0.231. The zero-order valence-corrected chi connectivity index (χ0v) is 17.0. The summed E-state index contributed by atoms with van der Waals surface area (Å²) in [5.41, 5.74) is 1.90. The van der Waals surface area contributed by atoms with Crippen LogP contribution in [0.2, 0.25) is 0 Å². The molecule has 160 valence electrons. The lowest BCUT2D eigenvalue weighted by Crippen LogP contribution is -2.23. The van der Waals surface area contributed by atoms with Gasteiger partial charge in [0.05, 0.1) is 12.3 Å². The fraction of sp³-hybridized carbons (Fsp3) is 0.136. The average molecular weight is 432 g/mol. The van der Waals surface area contributed by atoms with Gasteiger partial charge in [0.1, 0.15) is 18.2 Å². The van der Waals surface area contributed by atoms with Gasteiger partial charge in [-0.2, -0.15) is 4.98 Å². The molecule has 0 aliphatic rings. The molecule has 0 N–H and O–H groups in total. The number of methoxy groups -OCH3 is 1. The first-order chi connectivity index (χ1) is 15.6. The van der Waals surface area contributed by atoms with Gasteiger partial charge >= 0.3 is 5.69 Å². The average Bonchev–Trinajstić information content (AvgIpc) is 3.39. The van der Waals surface area contributed by atoms with Crippen LogP contribution in [-0.2, 0) is 17.9 Å². The maximum absolute atomic E-state index is 13.5. The smallest absolute Gasteiger partial charge is 0.352 e. The standard InChI is InChI=1S/C22H17FN6O3/c1-31-13-17-11-18-26-28(22(30)29(18)21(24-17)14-6-3-2-4-7-14)12-19-25-20(27-32-19)15-8-5-9-16(23)10-15/h2-11H,12-13H2,1H3. The highest BCUT2D eigenvalue weighted by Gasteiger charge is 2.18. The zero-order valence-electron chi connectivity index (χ0n) is 17.0. The topological polar surface area (TPSA) is 100 Å². The first kappa shape index (κ1) is 19.8. The summed E-state index contributed by atoms with van der Waals surface area (Å²) in [6, 6.07) is 16.9. The van der Waals surface area contributed by atoms with Crippen molar-refractivity contribution in [2.75, 3.05) is 7.11 Å². The number of ether oxygens (including phenoxy) is 1. The van der Waals surface area contributed by atoms with Crippen molar-refractivity contribution in [1.29, 1.82) is 0 Å². The molecule has 0 spiro atoms. The fourth-order valence-corrected chi connectivity index (χ4v) is 3.38. The third kappa shape index (κ3) is 3.67. The van der Waals surface area contributed by atoms with Crippen molar-refractivity contribution in [2.24, 2.45) is 0 Å². The predicted octanol–water partition coefficient (Wildman–Crippen LogP) is 2.94. The highest BCUT2D eigenvalue weighted by molar-refractivity contribution is 5.59. The summed E-state index contributed by atoms with van der Waals surface area (Å²) in [7, 11) is 1.57.